The van der Waals surface area contributed by atoms with Crippen LogP contribution in [0.25, 0.3) is 0 Å². The highest BCUT2D eigenvalue weighted by atomic mass is 35.5. The molecule has 1 aromatic carbocycles. The van der Waals surface area contributed by atoms with Crippen molar-refractivity contribution in [1.29, 1.82) is 0 Å². The monoisotopic (exact) mass is 229 g/mol. The van der Waals surface area contributed by atoms with Gasteiger partial charge >= 0.3 is 0 Å². The van der Waals surface area contributed by atoms with E-state index in [1.807, 2.05) is 0 Å². The molecule has 80 valence electrons. The molecule has 0 amide bonds. The van der Waals surface area contributed by atoms with Crippen molar-refractivity contribution in [3.8, 4) is 0 Å². The van der Waals surface area contributed by atoms with Crippen LogP contribution in [0.5, 0.6) is 0 Å². The van der Waals surface area contributed by atoms with E-state index in [1.165, 1.54) is 12.1 Å². The lowest BCUT2D eigenvalue weighted by Crippen LogP contribution is -2.18. The van der Waals surface area contributed by atoms with E-state index in [4.69, 9.17) is 21.1 Å². The van der Waals surface area contributed by atoms with Crippen molar-refractivity contribution in [3.05, 3.63) is 39.9 Å². The summed E-state index contributed by atoms with van der Waals surface area (Å²) in [7, 11) is 0. The molecule has 1 aromatic rings. The van der Waals surface area contributed by atoms with Crippen molar-refractivity contribution in [3.63, 3.8) is 0 Å². The van der Waals surface area contributed by atoms with E-state index in [-0.39, 0.29) is 5.69 Å². The number of alkyl halides is 1. The van der Waals surface area contributed by atoms with Crippen molar-refractivity contribution < 1.29 is 14.4 Å². The summed E-state index contributed by atoms with van der Waals surface area (Å²) in [6, 6.07) is 5.91. The van der Waals surface area contributed by atoms with Crippen molar-refractivity contribution in [2.45, 2.75) is 5.25 Å². The van der Waals surface area contributed by atoms with Crippen LogP contribution in [-0.4, -0.2) is 18.1 Å². The van der Waals surface area contributed by atoms with Crippen molar-refractivity contribution in [1.82, 2.24) is 0 Å². The van der Waals surface area contributed by atoms with Crippen molar-refractivity contribution in [2.75, 3.05) is 13.2 Å². The molecule has 0 unspecified atom stereocenters. The number of nitro benzene ring substituents is 1. The summed E-state index contributed by atoms with van der Waals surface area (Å²) >= 11 is 6.01. The fourth-order valence-corrected chi connectivity index (χ4v) is 1.63. The first-order chi connectivity index (χ1) is 7.12. The quantitative estimate of drug-likeness (QED) is 0.442. The number of non-ortho nitro benzene ring substituents is 1. The van der Waals surface area contributed by atoms with Gasteiger partial charge in [-0.15, -0.1) is 0 Å². The van der Waals surface area contributed by atoms with Gasteiger partial charge < -0.3 is 9.47 Å². The van der Waals surface area contributed by atoms with Crippen LogP contribution < -0.4 is 0 Å². The number of hydrogen-bond donors (Lipinski definition) is 0. The van der Waals surface area contributed by atoms with Gasteiger partial charge in [0.05, 0.1) is 18.1 Å². The predicted molar refractivity (Wildman–Crippen MR) is 52.5 cm³/mol. The van der Waals surface area contributed by atoms with E-state index in [0.29, 0.717) is 18.8 Å². The molecular weight excluding hydrogens is 222 g/mol. The number of nitrogens with zero attached hydrogens (tertiary/aromatic N) is 1. The molecule has 1 aliphatic heterocycles. The van der Waals surface area contributed by atoms with Gasteiger partial charge in [-0.1, -0.05) is 23.7 Å². The summed E-state index contributed by atoms with van der Waals surface area (Å²) in [6.45, 7) is 0.762. The van der Waals surface area contributed by atoms with Gasteiger partial charge in [-0.2, -0.15) is 0 Å². The smallest absolute Gasteiger partial charge is 0.276 e. The molecule has 15 heavy (non-hydrogen) atoms. The minimum atomic E-state index is -1.37. The summed E-state index contributed by atoms with van der Waals surface area (Å²) in [4.78, 5) is 10.1. The molecule has 0 aliphatic carbocycles. The molecule has 0 bridgehead atoms. The molecule has 1 heterocycles. The third-order valence-corrected chi connectivity index (χ3v) is 2.50. The van der Waals surface area contributed by atoms with Gasteiger partial charge in [-0.3, -0.25) is 10.1 Å². The van der Waals surface area contributed by atoms with Gasteiger partial charge in [0.25, 0.3) is 10.9 Å². The Labute approximate surface area is 90.7 Å². The Morgan fingerprint density at radius 3 is 2.67 bits per heavy atom. The summed E-state index contributed by atoms with van der Waals surface area (Å²) in [5, 5.41) is 9.18. The summed E-state index contributed by atoms with van der Waals surface area (Å²) in [6.07, 6.45) is 0. The lowest BCUT2D eigenvalue weighted by atomic mass is 10.2. The molecule has 0 spiro atoms. The molecule has 0 aromatic heterocycles. The van der Waals surface area contributed by atoms with Gasteiger partial charge in [0.15, 0.2) is 0 Å². The first-order valence-corrected chi connectivity index (χ1v) is 4.71. The second kappa shape index (κ2) is 3.77. The van der Waals surface area contributed by atoms with Crippen LogP contribution in [0, 0.1) is 10.1 Å². The second-order valence-electron chi connectivity index (χ2n) is 3.04. The van der Waals surface area contributed by atoms with Crippen LogP contribution in [0.3, 0.4) is 0 Å². The number of nitro groups is 1. The zero-order chi connectivity index (χ0) is 10.9. The van der Waals surface area contributed by atoms with Gasteiger partial charge in [0.1, 0.15) is 0 Å². The Kier molecular flexibility index (Phi) is 2.60. The standard InChI is InChI=1S/C9H8ClNO4/c10-9(14-4-5-15-9)7-2-1-3-8(6-7)11(12)13/h1-3,6H,4-5H2. The molecule has 1 aliphatic rings. The number of rotatable bonds is 2. The molecule has 0 radical (unpaired) electrons. The fraction of sp³-hybridized carbons (Fsp3) is 0.333. The number of halogens is 1. The second-order valence-corrected chi connectivity index (χ2v) is 3.54. The number of ether oxygens (including phenoxy) is 2. The predicted octanol–water partition coefficient (Wildman–Crippen LogP) is 1.99. The summed E-state index contributed by atoms with van der Waals surface area (Å²) < 4.78 is 10.4. The maximum Gasteiger partial charge on any atom is 0.276 e. The average Bonchev–Trinajstić information content (AvgIpc) is 2.67. The third-order valence-electron chi connectivity index (χ3n) is 2.06. The first kappa shape index (κ1) is 10.4. The van der Waals surface area contributed by atoms with E-state index >= 15 is 0 Å². The van der Waals surface area contributed by atoms with Gasteiger partial charge in [0, 0.05) is 17.7 Å². The van der Waals surface area contributed by atoms with Crippen LogP contribution in [0.2, 0.25) is 0 Å². The van der Waals surface area contributed by atoms with Gasteiger partial charge in [-0.25, -0.2) is 0 Å². The summed E-state index contributed by atoms with van der Waals surface area (Å²) in [5.41, 5.74) is 0.405. The normalized spacial score (nSPS) is 19.0. The van der Waals surface area contributed by atoms with Crippen LogP contribution in [0.15, 0.2) is 24.3 Å². The average molecular weight is 230 g/mol. The maximum absolute atomic E-state index is 10.6. The molecule has 5 nitrogen and oxygen atoms in total. The van der Waals surface area contributed by atoms with E-state index in [2.05, 4.69) is 0 Å². The highest BCUT2D eigenvalue weighted by Gasteiger charge is 2.37. The molecule has 1 fully saturated rings. The zero-order valence-corrected chi connectivity index (χ0v) is 8.44. The van der Waals surface area contributed by atoms with E-state index in [9.17, 15) is 10.1 Å². The van der Waals surface area contributed by atoms with Crippen molar-refractivity contribution >= 4 is 17.3 Å². The first-order valence-electron chi connectivity index (χ1n) is 4.33. The third kappa shape index (κ3) is 1.94. The Hall–Kier alpha value is -1.17. The van der Waals surface area contributed by atoms with E-state index in [1.54, 1.807) is 12.1 Å². The Balaban J connectivity index is 2.36. The SMILES string of the molecule is O=[N+]([O-])c1cccc(C2(Cl)OCCO2)c1. The molecule has 2 rings (SSSR count). The van der Waals surface area contributed by atoms with Crippen LogP contribution in [0.4, 0.5) is 5.69 Å². The van der Waals surface area contributed by atoms with E-state index < -0.39 is 10.2 Å². The highest BCUT2D eigenvalue weighted by molar-refractivity contribution is 6.22. The molecule has 6 heteroatoms. The highest BCUT2D eigenvalue weighted by Crippen LogP contribution is 2.36. The van der Waals surface area contributed by atoms with Crippen LogP contribution in [0.1, 0.15) is 5.56 Å². The molecule has 0 N–H and O–H groups in total. The lowest BCUT2D eigenvalue weighted by molar-refractivity contribution is -0.385. The summed E-state index contributed by atoms with van der Waals surface area (Å²) in [5.74, 6) is 0. The van der Waals surface area contributed by atoms with Gasteiger partial charge in [0.2, 0.25) is 0 Å². The minimum Gasteiger partial charge on any atom is -0.331 e. The molecular formula is C9H8ClNO4. The topological polar surface area (TPSA) is 61.6 Å². The van der Waals surface area contributed by atoms with E-state index in [0.717, 1.165) is 0 Å². The minimum absolute atomic E-state index is 0.0355. The number of hydrogen-bond acceptors (Lipinski definition) is 4. The van der Waals surface area contributed by atoms with Crippen LogP contribution in [-0.2, 0) is 14.7 Å². The fourth-order valence-electron chi connectivity index (χ4n) is 1.36. The zero-order valence-electron chi connectivity index (χ0n) is 7.68. The Morgan fingerprint density at radius 1 is 1.40 bits per heavy atom. The van der Waals surface area contributed by atoms with Crippen molar-refractivity contribution in [2.24, 2.45) is 0 Å². The lowest BCUT2D eigenvalue weighted by Gasteiger charge is -2.18. The number of benzene rings is 1. The molecule has 0 atom stereocenters. The Morgan fingerprint density at radius 2 is 2.07 bits per heavy atom. The van der Waals surface area contributed by atoms with Gasteiger partial charge in [-0.05, 0) is 0 Å². The molecule has 1 saturated heterocycles. The Bertz CT molecular complexity index is 389. The maximum atomic E-state index is 10.6. The molecule has 0 saturated carbocycles. The van der Waals surface area contributed by atoms with Crippen LogP contribution >= 0.6 is 11.6 Å². The largest absolute Gasteiger partial charge is 0.331 e.